The third-order valence-electron chi connectivity index (χ3n) is 4.12. The molecule has 2 aromatic carbocycles. The van der Waals surface area contributed by atoms with Gasteiger partial charge in [0.1, 0.15) is 11.5 Å². The van der Waals surface area contributed by atoms with E-state index in [-0.39, 0.29) is 34.2 Å². The molecule has 0 spiro atoms. The van der Waals surface area contributed by atoms with Crippen molar-refractivity contribution in [2.45, 2.75) is 19.1 Å². The predicted octanol–water partition coefficient (Wildman–Crippen LogP) is 6.28. The van der Waals surface area contributed by atoms with Gasteiger partial charge < -0.3 is 9.47 Å². The number of aromatic nitrogens is 1. The molecule has 10 heteroatoms. The summed E-state index contributed by atoms with van der Waals surface area (Å²) in [6.45, 7) is 0. The highest BCUT2D eigenvalue weighted by molar-refractivity contribution is 5.82. The Hall–Kier alpha value is -3.74. The Morgan fingerprint density at radius 3 is 1.52 bits per heavy atom. The van der Waals surface area contributed by atoms with Gasteiger partial charge in [0.2, 0.25) is 0 Å². The Bertz CT molecular complexity index is 1040. The minimum Gasteiger partial charge on any atom is -0.405 e. The molecule has 0 saturated carbocycles. The van der Waals surface area contributed by atoms with Crippen LogP contribution in [0.3, 0.4) is 0 Å². The summed E-state index contributed by atoms with van der Waals surface area (Å²) in [6.07, 6.45) is -7.80. The van der Waals surface area contributed by atoms with Crippen LogP contribution < -0.4 is 9.47 Å². The van der Waals surface area contributed by atoms with Crippen molar-refractivity contribution in [1.82, 2.24) is 4.98 Å². The van der Waals surface area contributed by atoms with Crippen LogP contribution in [0.15, 0.2) is 60.9 Å². The van der Waals surface area contributed by atoms with Crippen molar-refractivity contribution in [2.24, 2.45) is 0 Å². The number of hydrogen-bond donors (Lipinski definition) is 0. The van der Waals surface area contributed by atoms with E-state index in [0.29, 0.717) is 0 Å². The van der Waals surface area contributed by atoms with Gasteiger partial charge in [0, 0.05) is 34.6 Å². The van der Waals surface area contributed by atoms with Crippen LogP contribution in [0.4, 0.5) is 26.3 Å². The lowest BCUT2D eigenvalue weighted by molar-refractivity contribution is -0.275. The monoisotopic (exact) mass is 438 g/mol. The van der Waals surface area contributed by atoms with E-state index < -0.39 is 24.2 Å². The molecule has 0 aliphatic heterocycles. The molecule has 0 fully saturated rings. The molecule has 0 unspecified atom stereocenters. The number of nitriles is 1. The number of pyridine rings is 1. The van der Waals surface area contributed by atoms with Gasteiger partial charge in [-0.3, -0.25) is 4.98 Å². The lowest BCUT2D eigenvalue weighted by Gasteiger charge is -2.18. The Kier molecular flexibility index (Phi) is 6.06. The van der Waals surface area contributed by atoms with Gasteiger partial charge in [-0.25, -0.2) is 0 Å². The SMILES string of the molecule is N#CCc1c(-c2ccccc2OC(F)(F)F)cncc1-c1ccccc1OC(F)(F)F. The lowest BCUT2D eigenvalue weighted by Crippen LogP contribution is -2.18. The fourth-order valence-corrected chi connectivity index (χ4v) is 3.03. The van der Waals surface area contributed by atoms with Gasteiger partial charge in [-0.15, -0.1) is 26.3 Å². The van der Waals surface area contributed by atoms with Crippen LogP contribution in [0.25, 0.3) is 22.3 Å². The summed E-state index contributed by atoms with van der Waals surface area (Å²) in [4.78, 5) is 3.97. The Morgan fingerprint density at radius 2 is 1.13 bits per heavy atom. The van der Waals surface area contributed by atoms with E-state index in [1.807, 2.05) is 6.07 Å². The largest absolute Gasteiger partial charge is 0.573 e. The van der Waals surface area contributed by atoms with Crippen LogP contribution >= 0.6 is 0 Å². The lowest BCUT2D eigenvalue weighted by atomic mass is 9.92. The minimum absolute atomic E-state index is 0.0198. The summed E-state index contributed by atoms with van der Waals surface area (Å²) in [5.41, 5.74) is 0.359. The Labute approximate surface area is 172 Å². The highest BCUT2D eigenvalue weighted by Gasteiger charge is 2.34. The van der Waals surface area contributed by atoms with E-state index in [1.54, 1.807) is 0 Å². The van der Waals surface area contributed by atoms with Gasteiger partial charge >= 0.3 is 12.7 Å². The molecule has 0 N–H and O–H groups in total. The van der Waals surface area contributed by atoms with Crippen molar-refractivity contribution in [3.05, 3.63) is 66.5 Å². The second-order valence-electron chi connectivity index (χ2n) is 6.14. The maximum absolute atomic E-state index is 12.8. The normalized spacial score (nSPS) is 11.6. The fourth-order valence-electron chi connectivity index (χ4n) is 3.03. The van der Waals surface area contributed by atoms with Crippen LogP contribution in [0.5, 0.6) is 11.5 Å². The predicted molar refractivity (Wildman–Crippen MR) is 97.8 cm³/mol. The molecule has 1 aromatic heterocycles. The number of nitrogens with zero attached hydrogens (tertiary/aromatic N) is 2. The second-order valence-corrected chi connectivity index (χ2v) is 6.14. The van der Waals surface area contributed by atoms with Gasteiger partial charge in [-0.1, -0.05) is 36.4 Å². The van der Waals surface area contributed by atoms with Crippen molar-refractivity contribution in [1.29, 1.82) is 5.26 Å². The van der Waals surface area contributed by atoms with Crippen LogP contribution in [-0.2, 0) is 6.42 Å². The zero-order chi connectivity index (χ0) is 22.6. The Morgan fingerprint density at radius 1 is 0.710 bits per heavy atom. The molecule has 4 nitrogen and oxygen atoms in total. The van der Waals surface area contributed by atoms with E-state index in [1.165, 1.54) is 48.8 Å². The Balaban J connectivity index is 2.22. The van der Waals surface area contributed by atoms with E-state index in [9.17, 15) is 31.6 Å². The van der Waals surface area contributed by atoms with Crippen molar-refractivity contribution in [3.8, 4) is 39.8 Å². The number of alkyl halides is 6. The molecule has 160 valence electrons. The second kappa shape index (κ2) is 8.55. The molecule has 0 bridgehead atoms. The number of ether oxygens (including phenoxy) is 2. The molecule has 31 heavy (non-hydrogen) atoms. The minimum atomic E-state index is -4.97. The van der Waals surface area contributed by atoms with Gasteiger partial charge in [-0.2, -0.15) is 5.26 Å². The molecular formula is C21H12F6N2O2. The number of benzene rings is 2. The molecule has 1 heterocycles. The topological polar surface area (TPSA) is 55.1 Å². The zero-order valence-electron chi connectivity index (χ0n) is 15.5. The number of para-hydroxylation sites is 2. The third-order valence-corrected chi connectivity index (χ3v) is 4.12. The maximum Gasteiger partial charge on any atom is 0.573 e. The molecule has 0 amide bonds. The summed E-state index contributed by atoms with van der Waals surface area (Å²) in [5, 5.41) is 9.28. The smallest absolute Gasteiger partial charge is 0.405 e. The molecule has 0 radical (unpaired) electrons. The number of hydrogen-bond acceptors (Lipinski definition) is 4. The summed E-state index contributed by atoms with van der Waals surface area (Å²) in [5.74, 6) is -1.07. The first-order chi connectivity index (χ1) is 14.6. The van der Waals surface area contributed by atoms with Crippen molar-refractivity contribution in [3.63, 3.8) is 0 Å². The first kappa shape index (κ1) is 22.0. The third kappa shape index (κ3) is 5.45. The van der Waals surface area contributed by atoms with E-state index in [2.05, 4.69) is 14.5 Å². The molecule has 0 aliphatic carbocycles. The van der Waals surface area contributed by atoms with Gasteiger partial charge in [0.05, 0.1) is 12.5 Å². The fraction of sp³-hybridized carbons (Fsp3) is 0.143. The van der Waals surface area contributed by atoms with Gasteiger partial charge in [0.25, 0.3) is 0 Å². The maximum atomic E-state index is 12.8. The van der Waals surface area contributed by atoms with Gasteiger partial charge in [-0.05, 0) is 17.7 Å². The molecule has 0 atom stereocenters. The highest BCUT2D eigenvalue weighted by Crippen LogP contribution is 2.41. The quantitative estimate of drug-likeness (QED) is 0.440. The number of halogens is 6. The first-order valence-electron chi connectivity index (χ1n) is 8.63. The van der Waals surface area contributed by atoms with Gasteiger partial charge in [0.15, 0.2) is 0 Å². The number of rotatable bonds is 5. The standard InChI is InChI=1S/C21H12F6N2O2/c22-20(23,24)30-18-7-3-1-5-14(18)16-11-29-12-17(13(16)9-10-28)15-6-2-4-8-19(15)31-21(25,26)27/h1-8,11-12H,9H2. The van der Waals surface area contributed by atoms with E-state index in [4.69, 9.17) is 0 Å². The van der Waals surface area contributed by atoms with Crippen molar-refractivity contribution < 1.29 is 35.8 Å². The summed E-state index contributed by atoms with van der Waals surface area (Å²) in [7, 11) is 0. The molecular weight excluding hydrogens is 426 g/mol. The molecule has 3 aromatic rings. The van der Waals surface area contributed by atoms with E-state index in [0.717, 1.165) is 12.1 Å². The molecule has 3 rings (SSSR count). The highest BCUT2D eigenvalue weighted by atomic mass is 19.4. The summed E-state index contributed by atoms with van der Waals surface area (Å²) < 4.78 is 85.1. The van der Waals surface area contributed by atoms with Crippen LogP contribution in [0.2, 0.25) is 0 Å². The van der Waals surface area contributed by atoms with E-state index >= 15 is 0 Å². The van der Waals surface area contributed by atoms with Crippen LogP contribution in [0, 0.1) is 11.3 Å². The average molecular weight is 438 g/mol. The molecule has 0 aliphatic rings. The summed E-state index contributed by atoms with van der Waals surface area (Å²) >= 11 is 0. The average Bonchev–Trinajstić information content (AvgIpc) is 2.67. The van der Waals surface area contributed by atoms with Crippen molar-refractivity contribution in [2.75, 3.05) is 0 Å². The van der Waals surface area contributed by atoms with Crippen molar-refractivity contribution >= 4 is 0 Å². The van der Waals surface area contributed by atoms with Crippen LogP contribution in [-0.4, -0.2) is 17.7 Å². The summed E-state index contributed by atoms with van der Waals surface area (Å²) in [6, 6.07) is 12.3. The van der Waals surface area contributed by atoms with Crippen LogP contribution in [0.1, 0.15) is 5.56 Å². The first-order valence-corrected chi connectivity index (χ1v) is 8.63. The zero-order valence-corrected chi connectivity index (χ0v) is 15.5. The molecule has 0 saturated heterocycles.